The second-order valence-electron chi connectivity index (χ2n) is 8.41. The SMILES string of the molecule is Nc1nc(/C(=N/O)C(=O)NC2C(=O)N3C(C(=O)[O-])=C(/C=C/C[n+]4cc5cc(O)c(O)cc5cn4)CS[C@H]23)cs1. The van der Waals surface area contributed by atoms with E-state index in [-0.39, 0.29) is 40.3 Å². The molecular weight excluding hydrogens is 550 g/mol. The molecule has 1 fully saturated rings. The first kappa shape index (κ1) is 25.9. The molecule has 1 unspecified atom stereocenters. The van der Waals surface area contributed by atoms with Gasteiger partial charge in [0.2, 0.25) is 6.20 Å². The van der Waals surface area contributed by atoms with E-state index in [0.29, 0.717) is 16.3 Å². The standard InChI is InChI=1S/C23H19N7O7S2/c24-23-26-13(9-39-23)16(28-37)19(33)27-17-20(34)30-18(22(35)36)10(8-38-21(17)30)2-1-3-29-7-12-5-15(32)14(31)4-11(12)6-25-29/h1-2,4-7,9,17,21H,3,8H2,(H6,24,26,27,32,33,35,36,37)/b2-1+/t17?,21-/m1/s1. The third-order valence-electron chi connectivity index (χ3n) is 5.98. The van der Waals surface area contributed by atoms with Gasteiger partial charge < -0.3 is 36.4 Å². The summed E-state index contributed by atoms with van der Waals surface area (Å²) in [5.41, 5.74) is 5.20. The first-order valence-electron chi connectivity index (χ1n) is 11.2. The number of oxime groups is 1. The van der Waals surface area contributed by atoms with Crippen LogP contribution in [0, 0.1) is 0 Å². The Bertz CT molecular complexity index is 1620. The zero-order valence-corrected chi connectivity index (χ0v) is 21.3. The summed E-state index contributed by atoms with van der Waals surface area (Å²) < 4.78 is 1.55. The van der Waals surface area contributed by atoms with Crippen molar-refractivity contribution in [3.05, 3.63) is 59.0 Å². The van der Waals surface area contributed by atoms with E-state index in [1.165, 1.54) is 35.5 Å². The lowest BCUT2D eigenvalue weighted by Crippen LogP contribution is -2.71. The molecular formula is C23H19N7O7S2. The fourth-order valence-corrected chi connectivity index (χ4v) is 6.01. The Hall–Kier alpha value is -4.70. The molecule has 2 aliphatic heterocycles. The van der Waals surface area contributed by atoms with Crippen LogP contribution < -0.4 is 20.8 Å². The van der Waals surface area contributed by atoms with Gasteiger partial charge in [-0.1, -0.05) is 15.9 Å². The van der Waals surface area contributed by atoms with E-state index in [1.807, 2.05) is 0 Å². The first-order chi connectivity index (χ1) is 18.7. The maximum Gasteiger partial charge on any atom is 0.276 e. The van der Waals surface area contributed by atoms with Gasteiger partial charge in [-0.05, 0) is 28.9 Å². The number of carbonyl (C=O) groups excluding carboxylic acids is 3. The molecule has 1 saturated heterocycles. The van der Waals surface area contributed by atoms with Crippen molar-refractivity contribution in [1.29, 1.82) is 0 Å². The number of nitrogen functional groups attached to an aromatic ring is 1. The summed E-state index contributed by atoms with van der Waals surface area (Å²) in [6, 6.07) is 1.73. The Morgan fingerprint density at radius 3 is 2.72 bits per heavy atom. The molecule has 2 amide bonds. The number of benzene rings is 1. The van der Waals surface area contributed by atoms with Gasteiger partial charge in [-0.15, -0.1) is 23.1 Å². The number of thioether (sulfide) groups is 1. The zero-order chi connectivity index (χ0) is 27.8. The molecule has 4 heterocycles. The van der Waals surface area contributed by atoms with Crippen LogP contribution in [0.3, 0.4) is 0 Å². The molecule has 0 radical (unpaired) electrons. The summed E-state index contributed by atoms with van der Waals surface area (Å²) in [6.07, 6.45) is 6.38. The number of hydrogen-bond donors (Lipinski definition) is 5. The molecule has 2 aromatic heterocycles. The number of phenolic OH excluding ortho intramolecular Hbond substituents is 2. The zero-order valence-electron chi connectivity index (χ0n) is 19.7. The number of nitrogens with two attached hydrogens (primary N) is 1. The van der Waals surface area contributed by atoms with Crippen LogP contribution in [0.25, 0.3) is 10.8 Å². The Morgan fingerprint density at radius 1 is 1.31 bits per heavy atom. The van der Waals surface area contributed by atoms with Crippen molar-refractivity contribution >= 4 is 62.5 Å². The van der Waals surface area contributed by atoms with Crippen LogP contribution in [-0.4, -0.2) is 71.1 Å². The Kier molecular flexibility index (Phi) is 6.80. The topological polar surface area (TPSA) is 218 Å². The molecule has 2 atom stereocenters. The molecule has 0 spiro atoms. The average molecular weight is 570 g/mol. The second-order valence-corrected chi connectivity index (χ2v) is 10.4. The van der Waals surface area contributed by atoms with E-state index in [9.17, 15) is 34.9 Å². The summed E-state index contributed by atoms with van der Waals surface area (Å²) in [7, 11) is 0. The normalized spacial score (nSPS) is 19.3. The Balaban J connectivity index is 1.30. The van der Waals surface area contributed by atoms with Crippen molar-refractivity contribution in [2.45, 2.75) is 18.0 Å². The lowest BCUT2D eigenvalue weighted by molar-refractivity contribution is -0.743. The number of aliphatic carboxylic acids is 1. The molecule has 0 saturated carbocycles. The van der Waals surface area contributed by atoms with Crippen LogP contribution in [0.2, 0.25) is 0 Å². The van der Waals surface area contributed by atoms with Crippen LogP contribution in [0.1, 0.15) is 5.69 Å². The average Bonchev–Trinajstić information content (AvgIpc) is 3.33. The number of phenols is 2. The van der Waals surface area contributed by atoms with Crippen LogP contribution in [0.15, 0.2) is 58.5 Å². The van der Waals surface area contributed by atoms with E-state index in [2.05, 4.69) is 20.6 Å². The number of thiazole rings is 1. The van der Waals surface area contributed by atoms with Gasteiger partial charge in [0.15, 0.2) is 28.9 Å². The number of nitrogens with zero attached hydrogens (tertiary/aromatic N) is 5. The highest BCUT2D eigenvalue weighted by molar-refractivity contribution is 8.00. The molecule has 39 heavy (non-hydrogen) atoms. The maximum absolute atomic E-state index is 12.9. The van der Waals surface area contributed by atoms with E-state index < -0.39 is 34.9 Å². The number of carboxylic acid groups (broad SMARTS) is 1. The minimum Gasteiger partial charge on any atom is -0.543 e. The number of carbonyl (C=O) groups is 3. The number of rotatable bonds is 7. The number of nitrogens with one attached hydrogen (secondary N) is 1. The van der Waals surface area contributed by atoms with Gasteiger partial charge in [0.1, 0.15) is 23.3 Å². The highest BCUT2D eigenvalue weighted by Gasteiger charge is 2.53. The number of anilines is 1. The lowest BCUT2D eigenvalue weighted by atomic mass is 10.0. The molecule has 1 aromatic carbocycles. The van der Waals surface area contributed by atoms with E-state index in [1.54, 1.807) is 23.0 Å². The van der Waals surface area contributed by atoms with Crippen molar-refractivity contribution in [3.8, 4) is 11.5 Å². The van der Waals surface area contributed by atoms with Gasteiger partial charge in [0.05, 0.1) is 17.1 Å². The first-order valence-corrected chi connectivity index (χ1v) is 13.1. The van der Waals surface area contributed by atoms with E-state index in [4.69, 9.17) is 5.73 Å². The number of fused-ring (bicyclic) bond motifs is 2. The molecule has 14 nitrogen and oxygen atoms in total. The molecule has 16 heteroatoms. The molecule has 3 aromatic rings. The van der Waals surface area contributed by atoms with Crippen molar-refractivity contribution in [2.75, 3.05) is 11.5 Å². The second kappa shape index (κ2) is 10.2. The molecule has 0 aliphatic carbocycles. The van der Waals surface area contributed by atoms with Gasteiger partial charge >= 0.3 is 0 Å². The third-order valence-corrected chi connectivity index (χ3v) is 7.96. The third kappa shape index (κ3) is 4.82. The minimum absolute atomic E-state index is 0.0360. The quantitative estimate of drug-likeness (QED) is 0.0569. The summed E-state index contributed by atoms with van der Waals surface area (Å²) in [4.78, 5) is 42.4. The summed E-state index contributed by atoms with van der Waals surface area (Å²) >= 11 is 2.29. The summed E-state index contributed by atoms with van der Waals surface area (Å²) in [5.74, 6) is -3.38. The van der Waals surface area contributed by atoms with Gasteiger partial charge in [-0.25, -0.2) is 4.98 Å². The predicted octanol–water partition coefficient (Wildman–Crippen LogP) is -1.19. The monoisotopic (exact) mass is 569 g/mol. The van der Waals surface area contributed by atoms with Crippen molar-refractivity contribution in [1.82, 2.24) is 20.3 Å². The van der Waals surface area contributed by atoms with Gasteiger partial charge in [0.25, 0.3) is 11.8 Å². The number of amides is 2. The highest BCUT2D eigenvalue weighted by atomic mass is 32.2. The highest BCUT2D eigenvalue weighted by Crippen LogP contribution is 2.40. The molecule has 2 aliphatic rings. The Labute approximate surface area is 227 Å². The predicted molar refractivity (Wildman–Crippen MR) is 136 cm³/mol. The van der Waals surface area contributed by atoms with Crippen molar-refractivity contribution in [3.63, 3.8) is 0 Å². The van der Waals surface area contributed by atoms with Crippen molar-refractivity contribution < 1.29 is 39.6 Å². The van der Waals surface area contributed by atoms with E-state index >= 15 is 0 Å². The molecule has 5 rings (SSSR count). The minimum atomic E-state index is -1.54. The fourth-order valence-electron chi connectivity index (χ4n) is 4.14. The number of carboxylic acids is 1. The number of aromatic hydroxyl groups is 2. The Morgan fingerprint density at radius 2 is 2.05 bits per heavy atom. The number of hydrogen-bond acceptors (Lipinski definition) is 13. The maximum atomic E-state index is 12.9. The molecule has 0 bridgehead atoms. The van der Waals surface area contributed by atoms with Gasteiger partial charge in [-0.2, -0.15) is 0 Å². The van der Waals surface area contributed by atoms with Crippen LogP contribution in [-0.2, 0) is 20.9 Å². The summed E-state index contributed by atoms with van der Waals surface area (Å²) in [6.45, 7) is 0.243. The van der Waals surface area contributed by atoms with Gasteiger partial charge in [0, 0.05) is 16.5 Å². The largest absolute Gasteiger partial charge is 0.543 e. The van der Waals surface area contributed by atoms with Crippen molar-refractivity contribution in [2.24, 2.45) is 5.16 Å². The van der Waals surface area contributed by atoms with E-state index in [0.717, 1.165) is 16.2 Å². The number of β-lactam (4-membered cyclic amide) rings is 1. The number of aromatic nitrogens is 3. The fraction of sp³-hybridized carbons (Fsp3) is 0.174. The van der Waals surface area contributed by atoms with Crippen LogP contribution >= 0.6 is 23.1 Å². The molecule has 200 valence electrons. The lowest BCUT2D eigenvalue weighted by Gasteiger charge is -2.50. The summed E-state index contributed by atoms with van der Waals surface area (Å²) in [5, 5.41) is 52.4. The number of allylic oxidation sites excluding steroid dienone is 2. The van der Waals surface area contributed by atoms with Crippen LogP contribution in [0.4, 0.5) is 5.13 Å². The van der Waals surface area contributed by atoms with Gasteiger partial charge in [-0.3, -0.25) is 14.5 Å². The smallest absolute Gasteiger partial charge is 0.276 e. The van der Waals surface area contributed by atoms with Crippen LogP contribution in [0.5, 0.6) is 11.5 Å². The molecule has 6 N–H and O–H groups in total.